The van der Waals surface area contributed by atoms with Crippen molar-refractivity contribution in [1.82, 2.24) is 5.32 Å². The quantitative estimate of drug-likeness (QED) is 0.866. The van der Waals surface area contributed by atoms with E-state index >= 15 is 0 Å². The molecule has 1 atom stereocenters. The van der Waals surface area contributed by atoms with Crippen molar-refractivity contribution in [2.45, 2.75) is 31.7 Å². The van der Waals surface area contributed by atoms with Gasteiger partial charge in [-0.1, -0.05) is 6.42 Å². The van der Waals surface area contributed by atoms with Crippen LogP contribution in [0.3, 0.4) is 0 Å². The average molecular weight is 278 g/mol. The molecular formula is C15H22N2O3. The summed E-state index contributed by atoms with van der Waals surface area (Å²) in [6, 6.07) is 5.64. The van der Waals surface area contributed by atoms with E-state index in [1.165, 1.54) is 12.8 Å². The molecule has 20 heavy (non-hydrogen) atoms. The third kappa shape index (κ3) is 3.87. The van der Waals surface area contributed by atoms with Gasteiger partial charge in [-0.25, -0.2) is 0 Å². The fourth-order valence-electron chi connectivity index (χ4n) is 2.43. The molecule has 1 fully saturated rings. The summed E-state index contributed by atoms with van der Waals surface area (Å²) in [5, 5.41) is 6.27. The van der Waals surface area contributed by atoms with Crippen molar-refractivity contribution in [2.24, 2.45) is 0 Å². The van der Waals surface area contributed by atoms with Crippen LogP contribution in [0.25, 0.3) is 0 Å². The first kappa shape index (κ1) is 14.7. The lowest BCUT2D eigenvalue weighted by atomic mass is 10.0. The van der Waals surface area contributed by atoms with E-state index < -0.39 is 0 Å². The van der Waals surface area contributed by atoms with Gasteiger partial charge in [-0.05, 0) is 31.5 Å². The summed E-state index contributed by atoms with van der Waals surface area (Å²) in [4.78, 5) is 12.1. The molecule has 0 aliphatic carbocycles. The summed E-state index contributed by atoms with van der Waals surface area (Å²) in [5.41, 5.74) is 0.675. The maximum atomic E-state index is 12.1. The van der Waals surface area contributed by atoms with Crippen LogP contribution in [0, 0.1) is 0 Å². The van der Waals surface area contributed by atoms with Gasteiger partial charge in [0.15, 0.2) is 0 Å². The van der Waals surface area contributed by atoms with Gasteiger partial charge in [0.05, 0.1) is 19.9 Å². The molecule has 0 radical (unpaired) electrons. The molecule has 1 amide bonds. The minimum absolute atomic E-state index is 0.00728. The molecule has 5 heteroatoms. The van der Waals surface area contributed by atoms with Crippen LogP contribution < -0.4 is 20.1 Å². The second-order valence-corrected chi connectivity index (χ2v) is 4.97. The van der Waals surface area contributed by atoms with Gasteiger partial charge in [0.1, 0.15) is 11.5 Å². The van der Waals surface area contributed by atoms with Gasteiger partial charge in [-0.2, -0.15) is 0 Å². The van der Waals surface area contributed by atoms with Crippen LogP contribution in [-0.4, -0.2) is 32.7 Å². The first-order valence-electron chi connectivity index (χ1n) is 6.98. The third-order valence-electron chi connectivity index (χ3n) is 3.53. The molecule has 1 saturated heterocycles. The van der Waals surface area contributed by atoms with Crippen molar-refractivity contribution in [3.8, 4) is 11.5 Å². The summed E-state index contributed by atoms with van der Waals surface area (Å²) in [5.74, 6) is 1.32. The van der Waals surface area contributed by atoms with Gasteiger partial charge in [-0.3, -0.25) is 4.79 Å². The monoisotopic (exact) mass is 278 g/mol. The Kier molecular flexibility index (Phi) is 5.24. The number of carbonyl (C=O) groups excluding carboxylic acids is 1. The van der Waals surface area contributed by atoms with Gasteiger partial charge >= 0.3 is 0 Å². The number of methoxy groups -OCH3 is 2. The number of ether oxygens (including phenoxy) is 2. The fraction of sp³-hybridized carbons (Fsp3) is 0.533. The molecule has 110 valence electrons. The van der Waals surface area contributed by atoms with Crippen LogP contribution in [-0.2, 0) is 4.79 Å². The highest BCUT2D eigenvalue weighted by Crippen LogP contribution is 2.29. The normalized spacial score (nSPS) is 18.4. The molecule has 1 aromatic rings. The fourth-order valence-corrected chi connectivity index (χ4v) is 2.43. The standard InChI is InChI=1S/C15H22N2O3/c1-19-12-6-7-13(14(10-12)20-2)17-15(18)9-11-5-3-4-8-16-11/h6-7,10-11,16H,3-5,8-9H2,1-2H3,(H,17,18). The van der Waals surface area contributed by atoms with E-state index in [-0.39, 0.29) is 11.9 Å². The summed E-state index contributed by atoms with van der Waals surface area (Å²) >= 11 is 0. The summed E-state index contributed by atoms with van der Waals surface area (Å²) < 4.78 is 10.4. The number of nitrogens with one attached hydrogen (secondary N) is 2. The highest BCUT2D eigenvalue weighted by atomic mass is 16.5. The Morgan fingerprint density at radius 2 is 2.20 bits per heavy atom. The Labute approximate surface area is 119 Å². The summed E-state index contributed by atoms with van der Waals surface area (Å²) in [6.45, 7) is 1.00. The molecule has 0 bridgehead atoms. The molecule has 2 N–H and O–H groups in total. The molecule has 1 aliphatic rings. The lowest BCUT2D eigenvalue weighted by molar-refractivity contribution is -0.116. The predicted molar refractivity (Wildman–Crippen MR) is 78.4 cm³/mol. The largest absolute Gasteiger partial charge is 0.497 e. The predicted octanol–water partition coefficient (Wildman–Crippen LogP) is 2.17. The lowest BCUT2D eigenvalue weighted by Crippen LogP contribution is -2.36. The van der Waals surface area contributed by atoms with Crippen LogP contribution in [0.15, 0.2) is 18.2 Å². The summed E-state index contributed by atoms with van der Waals surface area (Å²) in [6.07, 6.45) is 3.95. The van der Waals surface area contributed by atoms with Crippen molar-refractivity contribution >= 4 is 11.6 Å². The maximum absolute atomic E-state index is 12.1. The number of carbonyl (C=O) groups is 1. The van der Waals surface area contributed by atoms with E-state index in [4.69, 9.17) is 9.47 Å². The van der Waals surface area contributed by atoms with Crippen LogP contribution >= 0.6 is 0 Å². The second kappa shape index (κ2) is 7.14. The molecule has 0 aromatic heterocycles. The van der Waals surface area contributed by atoms with Gasteiger partial charge in [0.2, 0.25) is 5.91 Å². The molecular weight excluding hydrogens is 256 g/mol. The number of hydrogen-bond acceptors (Lipinski definition) is 4. The van der Waals surface area contributed by atoms with E-state index in [1.807, 2.05) is 0 Å². The van der Waals surface area contributed by atoms with Crippen molar-refractivity contribution in [3.63, 3.8) is 0 Å². The van der Waals surface area contributed by atoms with Crippen molar-refractivity contribution in [3.05, 3.63) is 18.2 Å². The Balaban J connectivity index is 1.96. The molecule has 5 nitrogen and oxygen atoms in total. The molecule has 1 aliphatic heterocycles. The van der Waals surface area contributed by atoms with Crippen LogP contribution in [0.1, 0.15) is 25.7 Å². The minimum atomic E-state index is 0.00728. The van der Waals surface area contributed by atoms with Crippen LogP contribution in [0.5, 0.6) is 11.5 Å². The zero-order chi connectivity index (χ0) is 14.4. The third-order valence-corrected chi connectivity index (χ3v) is 3.53. The van der Waals surface area contributed by atoms with E-state index in [1.54, 1.807) is 32.4 Å². The number of anilines is 1. The maximum Gasteiger partial charge on any atom is 0.226 e. The molecule has 2 rings (SSSR count). The first-order valence-corrected chi connectivity index (χ1v) is 6.98. The number of piperidine rings is 1. The highest BCUT2D eigenvalue weighted by Gasteiger charge is 2.17. The van der Waals surface area contributed by atoms with Crippen LogP contribution in [0.2, 0.25) is 0 Å². The van der Waals surface area contributed by atoms with Crippen LogP contribution in [0.4, 0.5) is 5.69 Å². The topological polar surface area (TPSA) is 59.6 Å². The zero-order valence-electron chi connectivity index (χ0n) is 12.1. The average Bonchev–Trinajstić information content (AvgIpc) is 2.48. The Hall–Kier alpha value is -1.75. The Morgan fingerprint density at radius 3 is 2.85 bits per heavy atom. The molecule has 0 spiro atoms. The van der Waals surface area contributed by atoms with Crippen molar-refractivity contribution in [1.29, 1.82) is 0 Å². The molecule has 1 aromatic carbocycles. The number of rotatable bonds is 5. The number of amides is 1. The highest BCUT2D eigenvalue weighted by molar-refractivity contribution is 5.92. The SMILES string of the molecule is COc1ccc(NC(=O)CC2CCCCN2)c(OC)c1. The lowest BCUT2D eigenvalue weighted by Gasteiger charge is -2.23. The number of hydrogen-bond donors (Lipinski definition) is 2. The Morgan fingerprint density at radius 1 is 1.35 bits per heavy atom. The minimum Gasteiger partial charge on any atom is -0.497 e. The zero-order valence-corrected chi connectivity index (χ0v) is 12.1. The van der Waals surface area contributed by atoms with Gasteiger partial charge in [0.25, 0.3) is 0 Å². The van der Waals surface area contributed by atoms with Gasteiger partial charge in [-0.15, -0.1) is 0 Å². The molecule has 1 unspecified atom stereocenters. The van der Waals surface area contributed by atoms with Crippen molar-refractivity contribution in [2.75, 3.05) is 26.1 Å². The first-order chi connectivity index (χ1) is 9.72. The van der Waals surface area contributed by atoms with E-state index in [2.05, 4.69) is 10.6 Å². The van der Waals surface area contributed by atoms with Gasteiger partial charge in [0, 0.05) is 18.5 Å². The Bertz CT molecular complexity index is 456. The van der Waals surface area contributed by atoms with Crippen molar-refractivity contribution < 1.29 is 14.3 Å². The molecule has 1 heterocycles. The second-order valence-electron chi connectivity index (χ2n) is 4.97. The van der Waals surface area contributed by atoms with E-state index in [0.717, 1.165) is 13.0 Å². The smallest absolute Gasteiger partial charge is 0.226 e. The van der Waals surface area contributed by atoms with Gasteiger partial charge < -0.3 is 20.1 Å². The number of benzene rings is 1. The van der Waals surface area contributed by atoms with E-state index in [9.17, 15) is 4.79 Å². The summed E-state index contributed by atoms with van der Waals surface area (Å²) in [7, 11) is 3.18. The van der Waals surface area contributed by atoms with E-state index in [0.29, 0.717) is 23.6 Å². The molecule has 0 saturated carbocycles.